The van der Waals surface area contributed by atoms with Crippen LogP contribution < -0.4 is 5.56 Å². The number of halogens is 1. The molecule has 0 aromatic carbocycles. The molecular weight excluding hydrogens is 325 g/mol. The summed E-state index contributed by atoms with van der Waals surface area (Å²) in [7, 11) is 0. The largest absolute Gasteiger partial charge is 0.304 e. The summed E-state index contributed by atoms with van der Waals surface area (Å²) >= 11 is 3.48. The lowest BCUT2D eigenvalue weighted by Gasteiger charge is -2.01. The molecule has 2 heterocycles. The Labute approximate surface area is 104 Å². The SMILES string of the molecule is CCc1nc(-c2nccs2)[nH]c(=O)c1I. The molecule has 6 heteroatoms. The maximum Gasteiger partial charge on any atom is 0.264 e. The second-order valence-corrected chi connectivity index (χ2v) is 4.84. The van der Waals surface area contributed by atoms with Crippen LogP contribution in [0, 0.1) is 3.57 Å². The highest BCUT2D eigenvalue weighted by molar-refractivity contribution is 14.1. The topological polar surface area (TPSA) is 58.6 Å². The Morgan fingerprint density at radius 1 is 1.60 bits per heavy atom. The fraction of sp³-hybridized carbons (Fsp3) is 0.222. The summed E-state index contributed by atoms with van der Waals surface area (Å²) in [4.78, 5) is 22.8. The first-order valence-corrected chi connectivity index (χ1v) is 6.36. The molecule has 0 fully saturated rings. The quantitative estimate of drug-likeness (QED) is 0.856. The van der Waals surface area contributed by atoms with Gasteiger partial charge in [-0.25, -0.2) is 9.97 Å². The van der Waals surface area contributed by atoms with Crippen LogP contribution in [-0.4, -0.2) is 15.0 Å². The normalized spacial score (nSPS) is 10.5. The molecule has 1 N–H and O–H groups in total. The van der Waals surface area contributed by atoms with Gasteiger partial charge < -0.3 is 4.98 Å². The van der Waals surface area contributed by atoms with Gasteiger partial charge in [0.1, 0.15) is 0 Å². The molecule has 0 saturated heterocycles. The van der Waals surface area contributed by atoms with E-state index in [0.29, 0.717) is 9.39 Å². The monoisotopic (exact) mass is 333 g/mol. The molecule has 78 valence electrons. The molecule has 0 spiro atoms. The Balaban J connectivity index is 2.61. The number of H-pyrrole nitrogens is 1. The summed E-state index contributed by atoms with van der Waals surface area (Å²) in [5.41, 5.74) is 0.734. The number of nitrogens with zero attached hydrogens (tertiary/aromatic N) is 2. The number of hydrogen-bond donors (Lipinski definition) is 1. The van der Waals surface area contributed by atoms with Crippen LogP contribution in [0.2, 0.25) is 0 Å². The van der Waals surface area contributed by atoms with Crippen LogP contribution in [0.15, 0.2) is 16.4 Å². The van der Waals surface area contributed by atoms with Gasteiger partial charge in [-0.05, 0) is 29.0 Å². The Morgan fingerprint density at radius 3 is 3.00 bits per heavy atom. The van der Waals surface area contributed by atoms with Gasteiger partial charge in [-0.15, -0.1) is 11.3 Å². The third kappa shape index (κ3) is 2.10. The van der Waals surface area contributed by atoms with Gasteiger partial charge in [-0.2, -0.15) is 0 Å². The van der Waals surface area contributed by atoms with Crippen molar-refractivity contribution in [1.29, 1.82) is 0 Å². The molecule has 0 unspecified atom stereocenters. The van der Waals surface area contributed by atoms with Crippen molar-refractivity contribution in [3.63, 3.8) is 0 Å². The highest BCUT2D eigenvalue weighted by Gasteiger charge is 2.09. The zero-order valence-corrected chi connectivity index (χ0v) is 10.9. The molecule has 0 saturated carbocycles. The molecule has 0 bridgehead atoms. The standard InChI is InChI=1S/C9H8IN3OS/c1-2-5-6(10)8(14)13-7(12-5)9-11-3-4-15-9/h3-4H,2H2,1H3,(H,12,13,14). The van der Waals surface area contributed by atoms with Crippen molar-refractivity contribution in [3.05, 3.63) is 31.2 Å². The molecular formula is C9H8IN3OS. The molecule has 2 rings (SSSR count). The van der Waals surface area contributed by atoms with E-state index in [0.717, 1.165) is 17.1 Å². The second-order valence-electron chi connectivity index (χ2n) is 2.87. The van der Waals surface area contributed by atoms with Crippen LogP contribution in [0.3, 0.4) is 0 Å². The van der Waals surface area contributed by atoms with Gasteiger partial charge in [0.05, 0.1) is 9.26 Å². The molecule has 15 heavy (non-hydrogen) atoms. The number of thiazole rings is 1. The lowest BCUT2D eigenvalue weighted by atomic mass is 10.3. The maximum atomic E-state index is 11.6. The number of rotatable bonds is 2. The van der Waals surface area contributed by atoms with Gasteiger partial charge in [0.25, 0.3) is 5.56 Å². The number of nitrogens with one attached hydrogen (secondary N) is 1. The lowest BCUT2D eigenvalue weighted by molar-refractivity contribution is 0.966. The van der Waals surface area contributed by atoms with Crippen LogP contribution in [0.1, 0.15) is 12.6 Å². The molecule has 4 nitrogen and oxygen atoms in total. The summed E-state index contributed by atoms with van der Waals surface area (Å²) in [5.74, 6) is 0.562. The van der Waals surface area contributed by atoms with E-state index in [1.54, 1.807) is 6.20 Å². The summed E-state index contributed by atoms with van der Waals surface area (Å²) < 4.78 is 0.662. The summed E-state index contributed by atoms with van der Waals surface area (Å²) in [6.07, 6.45) is 2.45. The van der Waals surface area contributed by atoms with Crippen molar-refractivity contribution in [2.24, 2.45) is 0 Å². The van der Waals surface area contributed by atoms with Crippen LogP contribution in [0.25, 0.3) is 10.8 Å². The minimum atomic E-state index is -0.0901. The first-order valence-electron chi connectivity index (χ1n) is 4.41. The molecule has 2 aromatic rings. The van der Waals surface area contributed by atoms with Gasteiger partial charge in [0, 0.05) is 11.6 Å². The fourth-order valence-electron chi connectivity index (χ4n) is 1.18. The molecule has 0 atom stereocenters. The van der Waals surface area contributed by atoms with E-state index in [1.165, 1.54) is 11.3 Å². The van der Waals surface area contributed by atoms with Gasteiger partial charge in [0.2, 0.25) is 0 Å². The Morgan fingerprint density at radius 2 is 2.40 bits per heavy atom. The summed E-state index contributed by atoms with van der Waals surface area (Å²) in [6.45, 7) is 1.98. The van der Waals surface area contributed by atoms with Crippen LogP contribution in [0.5, 0.6) is 0 Å². The third-order valence-corrected chi connectivity index (χ3v) is 3.79. The van der Waals surface area contributed by atoms with E-state index < -0.39 is 0 Å². The zero-order valence-electron chi connectivity index (χ0n) is 7.95. The first-order chi connectivity index (χ1) is 7.22. The molecule has 0 radical (unpaired) electrons. The van der Waals surface area contributed by atoms with E-state index in [-0.39, 0.29) is 5.56 Å². The smallest absolute Gasteiger partial charge is 0.264 e. The summed E-state index contributed by atoms with van der Waals surface area (Å²) in [5, 5.41) is 2.61. The minimum Gasteiger partial charge on any atom is -0.304 e. The molecule has 0 amide bonds. The zero-order chi connectivity index (χ0) is 10.8. The van der Waals surface area contributed by atoms with E-state index in [4.69, 9.17) is 0 Å². The van der Waals surface area contributed by atoms with Crippen molar-refractivity contribution >= 4 is 33.9 Å². The van der Waals surface area contributed by atoms with Crippen molar-refractivity contribution in [3.8, 4) is 10.8 Å². The second kappa shape index (κ2) is 4.40. The average molecular weight is 333 g/mol. The minimum absolute atomic E-state index is 0.0901. The highest BCUT2D eigenvalue weighted by atomic mass is 127. The number of hydrogen-bond acceptors (Lipinski definition) is 4. The molecule has 2 aromatic heterocycles. The van der Waals surface area contributed by atoms with Crippen LogP contribution in [0.4, 0.5) is 0 Å². The Bertz CT molecular complexity index is 521. The summed E-state index contributed by atoms with van der Waals surface area (Å²) in [6, 6.07) is 0. The van der Waals surface area contributed by atoms with E-state index >= 15 is 0 Å². The van der Waals surface area contributed by atoms with Crippen LogP contribution >= 0.6 is 33.9 Å². The fourth-order valence-corrected chi connectivity index (χ4v) is 2.40. The van der Waals surface area contributed by atoms with Gasteiger partial charge in [-0.1, -0.05) is 6.92 Å². The number of aromatic amines is 1. The first kappa shape index (κ1) is 10.7. The number of aryl methyl sites for hydroxylation is 1. The molecule has 0 aliphatic heterocycles. The van der Waals surface area contributed by atoms with Crippen molar-refractivity contribution < 1.29 is 0 Å². The van der Waals surface area contributed by atoms with Crippen molar-refractivity contribution in [2.75, 3.05) is 0 Å². The van der Waals surface area contributed by atoms with E-state index in [1.807, 2.05) is 34.9 Å². The van der Waals surface area contributed by atoms with Gasteiger partial charge >= 0.3 is 0 Å². The van der Waals surface area contributed by atoms with Gasteiger partial charge in [0.15, 0.2) is 10.8 Å². The van der Waals surface area contributed by atoms with Gasteiger partial charge in [-0.3, -0.25) is 4.79 Å². The number of aromatic nitrogens is 3. The predicted octanol–water partition coefficient (Wildman–Crippen LogP) is 2.06. The van der Waals surface area contributed by atoms with E-state index in [2.05, 4.69) is 15.0 Å². The lowest BCUT2D eigenvalue weighted by Crippen LogP contribution is -2.15. The van der Waals surface area contributed by atoms with Crippen molar-refractivity contribution in [1.82, 2.24) is 15.0 Å². The van der Waals surface area contributed by atoms with Crippen molar-refractivity contribution in [2.45, 2.75) is 13.3 Å². The molecule has 0 aliphatic carbocycles. The molecule has 0 aliphatic rings. The maximum absolute atomic E-state index is 11.6. The Hall–Kier alpha value is -0.760. The van der Waals surface area contributed by atoms with E-state index in [9.17, 15) is 4.79 Å². The average Bonchev–Trinajstić information content (AvgIpc) is 2.75. The third-order valence-electron chi connectivity index (χ3n) is 1.90. The predicted molar refractivity (Wildman–Crippen MR) is 68.1 cm³/mol. The highest BCUT2D eigenvalue weighted by Crippen LogP contribution is 2.17. The van der Waals surface area contributed by atoms with Crippen LogP contribution in [-0.2, 0) is 6.42 Å². The Kier molecular flexibility index (Phi) is 3.15.